The van der Waals surface area contributed by atoms with E-state index < -0.39 is 72.1 Å². The van der Waals surface area contributed by atoms with Crippen LogP contribution in [0.15, 0.2) is 24.0 Å². The van der Waals surface area contributed by atoms with Crippen molar-refractivity contribution in [2.24, 2.45) is 0 Å². The van der Waals surface area contributed by atoms with E-state index in [0.717, 1.165) is 25.0 Å². The van der Waals surface area contributed by atoms with Gasteiger partial charge in [-0.25, -0.2) is 9.59 Å². The van der Waals surface area contributed by atoms with Crippen molar-refractivity contribution in [3.05, 3.63) is 35.1 Å². The van der Waals surface area contributed by atoms with Gasteiger partial charge in [0.2, 0.25) is 12.4 Å². The molecule has 2 bridgehead atoms. The second-order valence-corrected chi connectivity index (χ2v) is 11.1. The van der Waals surface area contributed by atoms with E-state index in [4.69, 9.17) is 33.6 Å². The van der Waals surface area contributed by atoms with Crippen LogP contribution in [0.2, 0.25) is 0 Å². The van der Waals surface area contributed by atoms with E-state index in [2.05, 4.69) is 4.90 Å². The first kappa shape index (κ1) is 33.7. The van der Waals surface area contributed by atoms with Gasteiger partial charge in [-0.3, -0.25) is 14.4 Å². The molecule has 1 fully saturated rings. The minimum atomic E-state index is -4.64. The average molecular weight is 644 g/mol. The van der Waals surface area contributed by atoms with Crippen LogP contribution in [-0.2, 0) is 50.0 Å². The molecule has 2 heterocycles. The van der Waals surface area contributed by atoms with Gasteiger partial charge in [-0.2, -0.15) is 13.2 Å². The second kappa shape index (κ2) is 12.3. The van der Waals surface area contributed by atoms with Crippen molar-refractivity contribution in [3.8, 4) is 11.5 Å². The lowest BCUT2D eigenvalue weighted by Crippen LogP contribution is -2.74. The van der Waals surface area contributed by atoms with Crippen LogP contribution >= 0.6 is 0 Å². The molecule has 6 atom stereocenters. The molecule has 0 saturated carbocycles. The van der Waals surface area contributed by atoms with Crippen LogP contribution in [0.3, 0.4) is 0 Å². The zero-order valence-corrected chi connectivity index (χ0v) is 24.7. The molecule has 4 aliphatic rings. The molecular formula is C29H32F3NO12. The number of esters is 3. The maximum atomic E-state index is 13.2. The number of aliphatic carboxylic acids is 1. The van der Waals surface area contributed by atoms with Crippen LogP contribution in [-0.4, -0.2) is 102 Å². The Morgan fingerprint density at radius 3 is 2.47 bits per heavy atom. The highest BCUT2D eigenvalue weighted by Crippen LogP contribution is 2.65. The molecule has 0 unspecified atom stereocenters. The Balaban J connectivity index is 0.000000700. The number of hydrogen-bond acceptors (Lipinski definition) is 12. The Morgan fingerprint density at radius 1 is 1.22 bits per heavy atom. The Kier molecular flexibility index (Phi) is 9.22. The third-order valence-corrected chi connectivity index (χ3v) is 8.49. The van der Waals surface area contributed by atoms with E-state index in [1.807, 2.05) is 19.2 Å². The largest absolute Gasteiger partial charge is 0.493 e. The number of carbonyl (C=O) groups excluding carboxylic acids is 4. The Bertz CT molecular complexity index is 1430. The molecule has 5 rings (SSSR count). The number of benzene rings is 1. The lowest BCUT2D eigenvalue weighted by atomic mass is 9.50. The summed E-state index contributed by atoms with van der Waals surface area (Å²) in [5.74, 6) is -3.20. The molecule has 1 aromatic carbocycles. The summed E-state index contributed by atoms with van der Waals surface area (Å²) in [5.41, 5.74) is -0.256. The molecule has 45 heavy (non-hydrogen) atoms. The Morgan fingerprint density at radius 2 is 1.89 bits per heavy atom. The Labute approximate surface area is 254 Å². The minimum Gasteiger partial charge on any atom is -0.493 e. The Hall–Kier alpha value is -4.18. The summed E-state index contributed by atoms with van der Waals surface area (Å²) < 4.78 is 58.8. The third kappa shape index (κ3) is 6.08. The first-order valence-electron chi connectivity index (χ1n) is 13.8. The predicted octanol–water partition coefficient (Wildman–Crippen LogP) is 1.60. The van der Waals surface area contributed by atoms with Crippen LogP contribution in [0.1, 0.15) is 44.2 Å². The first-order chi connectivity index (χ1) is 21.0. The number of alkyl halides is 3. The number of carboxylic acids is 1. The highest BCUT2D eigenvalue weighted by atomic mass is 19.4. The number of carboxylic acid groups (broad SMARTS) is 1. The predicted molar refractivity (Wildman–Crippen MR) is 143 cm³/mol. The molecule has 2 aliphatic heterocycles. The summed E-state index contributed by atoms with van der Waals surface area (Å²) in [4.78, 5) is 59.1. The van der Waals surface area contributed by atoms with Crippen molar-refractivity contribution in [1.29, 1.82) is 0 Å². The summed E-state index contributed by atoms with van der Waals surface area (Å²) in [6.07, 6.45) is -7.53. The molecule has 1 aromatic rings. The fourth-order valence-corrected chi connectivity index (χ4v) is 6.59. The average Bonchev–Trinajstić information content (AvgIpc) is 3.31. The molecular weight excluding hydrogens is 611 g/mol. The van der Waals surface area contributed by atoms with Gasteiger partial charge in [0.15, 0.2) is 23.7 Å². The quantitative estimate of drug-likeness (QED) is 0.238. The lowest BCUT2D eigenvalue weighted by molar-refractivity contribution is -0.178. The highest BCUT2D eigenvalue weighted by Gasteiger charge is 2.72. The van der Waals surface area contributed by atoms with Gasteiger partial charge in [0, 0.05) is 24.9 Å². The number of hydrogen-bond donors (Lipinski definition) is 2. The number of rotatable bonds is 8. The molecule has 16 heteroatoms. The van der Waals surface area contributed by atoms with Gasteiger partial charge in [0.05, 0.1) is 24.5 Å². The van der Waals surface area contributed by atoms with Gasteiger partial charge in [0.1, 0.15) is 5.76 Å². The maximum Gasteiger partial charge on any atom is 0.446 e. The van der Waals surface area contributed by atoms with E-state index in [9.17, 15) is 37.5 Å². The number of aldehydes is 1. The standard InChI is InChI=1S/C27H31NO11.C2HF3O/c1-13(24(31)32)36-20(30)12-18(37-14(2)29)25(33)38-17-7-8-27(34)19-11-15-5-6-16(35-4)22-21(15)26(27,23(17)39-22)9-10-28(19)3;3-2(4,5)1-6/h5-7,13,18-19,23,34H,8-12H2,1-4H3,(H,31,32);1H/t13-,18-,19+,23-,26-,27+;/m0./s1. The zero-order chi connectivity index (χ0) is 33.5. The number of carbonyl (C=O) groups is 5. The smallest absolute Gasteiger partial charge is 0.446 e. The minimum absolute atomic E-state index is 0.128. The normalized spacial score (nSPS) is 27.2. The summed E-state index contributed by atoms with van der Waals surface area (Å²) in [7, 11) is 3.50. The van der Waals surface area contributed by atoms with Gasteiger partial charge in [-0.05, 0) is 51.1 Å². The van der Waals surface area contributed by atoms with Crippen molar-refractivity contribution >= 4 is 30.2 Å². The van der Waals surface area contributed by atoms with Crippen molar-refractivity contribution in [3.63, 3.8) is 0 Å². The topological polar surface area (TPSA) is 175 Å². The van der Waals surface area contributed by atoms with E-state index in [1.165, 1.54) is 7.11 Å². The number of piperidine rings is 1. The van der Waals surface area contributed by atoms with Gasteiger partial charge >= 0.3 is 30.1 Å². The highest BCUT2D eigenvalue weighted by molar-refractivity contribution is 5.86. The second-order valence-electron chi connectivity index (χ2n) is 11.1. The van der Waals surface area contributed by atoms with Crippen LogP contribution in [0, 0.1) is 0 Å². The molecule has 0 amide bonds. The number of nitrogens with zero attached hydrogens (tertiary/aromatic N) is 1. The van der Waals surface area contributed by atoms with Crippen LogP contribution in [0.4, 0.5) is 13.2 Å². The van der Waals surface area contributed by atoms with Gasteiger partial charge < -0.3 is 38.8 Å². The lowest BCUT2D eigenvalue weighted by Gasteiger charge is -2.61. The number of aliphatic hydroxyl groups is 1. The molecule has 13 nitrogen and oxygen atoms in total. The molecule has 0 radical (unpaired) electrons. The SMILES string of the molecule is COc1ccc2c3c1O[C@H]1C(OC(=O)[C@H](CC(=O)O[C@@H](C)C(=O)O)OC(C)=O)=CC[C@@]4(O)[C@@H](C2)N(C)CC[C@]314.O=CC(F)(F)F. The van der Waals surface area contributed by atoms with Gasteiger partial charge in [-0.15, -0.1) is 0 Å². The number of likely N-dealkylation sites (tertiary alicyclic amines) is 1. The molecule has 0 aromatic heterocycles. The molecule has 2 N–H and O–H groups in total. The third-order valence-electron chi connectivity index (χ3n) is 8.49. The first-order valence-corrected chi connectivity index (χ1v) is 13.8. The van der Waals surface area contributed by atoms with Crippen molar-refractivity contribution in [2.75, 3.05) is 20.7 Å². The molecule has 246 valence electrons. The summed E-state index contributed by atoms with van der Waals surface area (Å²) >= 11 is 0. The van der Waals surface area contributed by atoms with E-state index in [1.54, 1.807) is 6.08 Å². The van der Waals surface area contributed by atoms with E-state index in [-0.39, 0.29) is 18.2 Å². The summed E-state index contributed by atoms with van der Waals surface area (Å²) in [6, 6.07) is 3.59. The van der Waals surface area contributed by atoms with Gasteiger partial charge in [-0.1, -0.05) is 6.07 Å². The van der Waals surface area contributed by atoms with Crippen molar-refractivity contribution < 1.29 is 71.0 Å². The fourth-order valence-electron chi connectivity index (χ4n) is 6.59. The van der Waals surface area contributed by atoms with Crippen LogP contribution in [0.25, 0.3) is 0 Å². The molecule has 2 aliphatic carbocycles. The zero-order valence-electron chi connectivity index (χ0n) is 24.7. The van der Waals surface area contributed by atoms with E-state index in [0.29, 0.717) is 30.9 Å². The number of ether oxygens (including phenoxy) is 5. The van der Waals surface area contributed by atoms with Crippen LogP contribution < -0.4 is 9.47 Å². The molecule has 1 saturated heterocycles. The monoisotopic (exact) mass is 643 g/mol. The van der Waals surface area contributed by atoms with Crippen molar-refractivity contribution in [2.45, 2.75) is 81.1 Å². The fraction of sp³-hybridized carbons (Fsp3) is 0.552. The molecule has 1 spiro atoms. The summed E-state index contributed by atoms with van der Waals surface area (Å²) in [6.45, 7) is 2.90. The van der Waals surface area contributed by atoms with Crippen LogP contribution in [0.5, 0.6) is 11.5 Å². The number of likely N-dealkylation sites (N-methyl/N-ethyl adjacent to an activating group) is 1. The van der Waals surface area contributed by atoms with Crippen molar-refractivity contribution in [1.82, 2.24) is 4.90 Å². The summed E-state index contributed by atoms with van der Waals surface area (Å²) in [5, 5.41) is 21.2. The maximum absolute atomic E-state index is 13.2. The number of methoxy groups -OCH3 is 1. The number of halogens is 3. The van der Waals surface area contributed by atoms with E-state index >= 15 is 0 Å². The van der Waals surface area contributed by atoms with Gasteiger partial charge in [0.25, 0.3) is 0 Å².